The van der Waals surface area contributed by atoms with Crippen molar-refractivity contribution in [3.8, 4) is 0 Å². The van der Waals surface area contributed by atoms with Gasteiger partial charge in [-0.1, -0.05) is 29.8 Å². The number of nitrogens with zero attached hydrogens (tertiary/aromatic N) is 2. The van der Waals surface area contributed by atoms with E-state index in [1.165, 1.54) is 50.0 Å². The van der Waals surface area contributed by atoms with Gasteiger partial charge in [-0.15, -0.1) is 0 Å². The van der Waals surface area contributed by atoms with Crippen molar-refractivity contribution in [2.75, 3.05) is 52.5 Å². The molecule has 0 radical (unpaired) electrons. The minimum atomic E-state index is 0.0889. The number of hydrogen-bond donors (Lipinski definition) is 0. The molecule has 0 bridgehead atoms. The Balaban J connectivity index is 1.29. The molecule has 3 heterocycles. The van der Waals surface area contributed by atoms with E-state index in [-0.39, 0.29) is 5.60 Å². The Labute approximate surface area is 152 Å². The molecule has 4 rings (SSSR count). The fraction of sp³-hybridized carbons (Fsp3) is 0.714. The normalized spacial score (nSPS) is 27.8. The second-order valence-corrected chi connectivity index (χ2v) is 8.26. The molecule has 0 amide bonds. The fourth-order valence-electron chi connectivity index (χ4n) is 4.55. The summed E-state index contributed by atoms with van der Waals surface area (Å²) in [4.78, 5) is 5.22. The van der Waals surface area contributed by atoms with Gasteiger partial charge in [-0.25, -0.2) is 0 Å². The molecule has 4 heteroatoms. The van der Waals surface area contributed by atoms with Gasteiger partial charge in [0.2, 0.25) is 0 Å². The lowest BCUT2D eigenvalue weighted by Crippen LogP contribution is -2.56. The first-order chi connectivity index (χ1) is 12.2. The van der Waals surface area contributed by atoms with Gasteiger partial charge in [0.05, 0.1) is 18.8 Å². The van der Waals surface area contributed by atoms with Gasteiger partial charge in [-0.3, -0.25) is 4.90 Å². The van der Waals surface area contributed by atoms with E-state index in [1.54, 1.807) is 0 Å². The van der Waals surface area contributed by atoms with Gasteiger partial charge in [-0.05, 0) is 37.7 Å². The summed E-state index contributed by atoms with van der Waals surface area (Å²) in [7, 11) is 0. The first kappa shape index (κ1) is 17.5. The molecule has 3 aliphatic heterocycles. The van der Waals surface area contributed by atoms with Gasteiger partial charge < -0.3 is 14.4 Å². The standard InChI is InChI=1S/C21H32N2O2/c1-18-2-4-19(5-3-18)14-23-11-13-25-21(17-23)7-9-22(10-8-21)15-20-6-12-24-16-20/h2-5,20H,6-17H2,1H3/t20-/m0/s1. The quantitative estimate of drug-likeness (QED) is 0.838. The monoisotopic (exact) mass is 344 g/mol. The van der Waals surface area contributed by atoms with Gasteiger partial charge in [0.1, 0.15) is 0 Å². The summed E-state index contributed by atoms with van der Waals surface area (Å²) >= 11 is 0. The van der Waals surface area contributed by atoms with Crippen molar-refractivity contribution in [1.82, 2.24) is 9.80 Å². The van der Waals surface area contributed by atoms with Crippen molar-refractivity contribution in [2.45, 2.75) is 38.3 Å². The minimum Gasteiger partial charge on any atom is -0.381 e. The Morgan fingerprint density at radius 1 is 1.04 bits per heavy atom. The van der Waals surface area contributed by atoms with Gasteiger partial charge >= 0.3 is 0 Å². The zero-order valence-corrected chi connectivity index (χ0v) is 15.6. The molecule has 138 valence electrons. The summed E-state index contributed by atoms with van der Waals surface area (Å²) in [5.41, 5.74) is 2.84. The van der Waals surface area contributed by atoms with Crippen molar-refractivity contribution >= 4 is 0 Å². The first-order valence-corrected chi connectivity index (χ1v) is 9.93. The third-order valence-corrected chi connectivity index (χ3v) is 6.16. The van der Waals surface area contributed by atoms with Gasteiger partial charge in [0.15, 0.2) is 0 Å². The lowest BCUT2D eigenvalue weighted by Gasteiger charge is -2.47. The van der Waals surface area contributed by atoms with Crippen LogP contribution in [0.3, 0.4) is 0 Å². The van der Waals surface area contributed by atoms with Crippen LogP contribution in [0.1, 0.15) is 30.4 Å². The molecule has 4 nitrogen and oxygen atoms in total. The van der Waals surface area contributed by atoms with Crippen LogP contribution >= 0.6 is 0 Å². The van der Waals surface area contributed by atoms with Crippen molar-refractivity contribution in [3.05, 3.63) is 35.4 Å². The molecular weight excluding hydrogens is 312 g/mol. The predicted molar refractivity (Wildman–Crippen MR) is 99.7 cm³/mol. The summed E-state index contributed by atoms with van der Waals surface area (Å²) < 4.78 is 11.8. The molecule has 1 aromatic rings. The first-order valence-electron chi connectivity index (χ1n) is 9.93. The number of aryl methyl sites for hydroxylation is 1. The number of morpholine rings is 1. The highest BCUT2D eigenvalue weighted by molar-refractivity contribution is 5.21. The second kappa shape index (κ2) is 7.75. The Morgan fingerprint density at radius 2 is 1.84 bits per heavy atom. The summed E-state index contributed by atoms with van der Waals surface area (Å²) in [6.45, 7) is 11.7. The molecule has 0 N–H and O–H groups in total. The molecule has 1 spiro atoms. The van der Waals surface area contributed by atoms with Gasteiger partial charge in [0, 0.05) is 45.9 Å². The van der Waals surface area contributed by atoms with E-state index in [0.717, 1.165) is 45.4 Å². The van der Waals surface area contributed by atoms with Crippen LogP contribution < -0.4 is 0 Å². The van der Waals surface area contributed by atoms with Crippen molar-refractivity contribution in [3.63, 3.8) is 0 Å². The third-order valence-electron chi connectivity index (χ3n) is 6.16. The molecular formula is C21H32N2O2. The zero-order valence-electron chi connectivity index (χ0n) is 15.6. The maximum atomic E-state index is 6.32. The van der Waals surface area contributed by atoms with Crippen molar-refractivity contribution < 1.29 is 9.47 Å². The average Bonchev–Trinajstić information content (AvgIpc) is 3.13. The van der Waals surface area contributed by atoms with Gasteiger partial charge in [0.25, 0.3) is 0 Å². The number of hydrogen-bond acceptors (Lipinski definition) is 4. The number of likely N-dealkylation sites (tertiary alicyclic amines) is 1. The lowest BCUT2D eigenvalue weighted by molar-refractivity contribution is -0.138. The molecule has 1 atom stereocenters. The largest absolute Gasteiger partial charge is 0.381 e. The van der Waals surface area contributed by atoms with E-state index in [4.69, 9.17) is 9.47 Å². The second-order valence-electron chi connectivity index (χ2n) is 8.26. The van der Waals surface area contributed by atoms with Crippen molar-refractivity contribution in [1.29, 1.82) is 0 Å². The van der Waals surface area contributed by atoms with Crippen LogP contribution in [0.25, 0.3) is 0 Å². The molecule has 3 saturated heterocycles. The van der Waals surface area contributed by atoms with Crippen LogP contribution in [-0.4, -0.2) is 67.9 Å². The van der Waals surface area contributed by atoms with E-state index in [1.807, 2.05) is 0 Å². The highest BCUT2D eigenvalue weighted by Gasteiger charge is 2.40. The topological polar surface area (TPSA) is 24.9 Å². The molecule has 0 aromatic heterocycles. The smallest absolute Gasteiger partial charge is 0.0833 e. The predicted octanol–water partition coefficient (Wildman–Crippen LogP) is 2.70. The van der Waals surface area contributed by atoms with Crippen LogP contribution in [-0.2, 0) is 16.0 Å². The van der Waals surface area contributed by atoms with E-state index >= 15 is 0 Å². The minimum absolute atomic E-state index is 0.0889. The Hall–Kier alpha value is -0.940. The van der Waals surface area contributed by atoms with E-state index < -0.39 is 0 Å². The SMILES string of the molecule is Cc1ccc(CN2CCOC3(CCN(C[C@@H]4CCOC4)CC3)C2)cc1. The summed E-state index contributed by atoms with van der Waals surface area (Å²) in [6, 6.07) is 8.97. The highest BCUT2D eigenvalue weighted by Crippen LogP contribution is 2.31. The molecule has 1 aromatic carbocycles. The van der Waals surface area contributed by atoms with Crippen LogP contribution in [0.5, 0.6) is 0 Å². The number of rotatable bonds is 4. The fourth-order valence-corrected chi connectivity index (χ4v) is 4.55. The molecule has 3 fully saturated rings. The molecule has 25 heavy (non-hydrogen) atoms. The molecule has 0 unspecified atom stereocenters. The number of piperidine rings is 1. The van der Waals surface area contributed by atoms with Crippen LogP contribution in [0.2, 0.25) is 0 Å². The van der Waals surface area contributed by atoms with Crippen molar-refractivity contribution in [2.24, 2.45) is 5.92 Å². The molecule has 3 aliphatic rings. The zero-order chi connectivity index (χ0) is 17.1. The van der Waals surface area contributed by atoms with E-state index in [9.17, 15) is 0 Å². The Bertz CT molecular complexity index is 546. The lowest BCUT2D eigenvalue weighted by atomic mass is 9.88. The average molecular weight is 344 g/mol. The third kappa shape index (κ3) is 4.43. The number of benzene rings is 1. The van der Waals surface area contributed by atoms with Crippen LogP contribution in [0.15, 0.2) is 24.3 Å². The highest BCUT2D eigenvalue weighted by atomic mass is 16.5. The summed E-state index contributed by atoms with van der Waals surface area (Å²) in [5, 5.41) is 0. The van der Waals surface area contributed by atoms with Crippen LogP contribution in [0, 0.1) is 12.8 Å². The number of ether oxygens (including phenoxy) is 2. The maximum Gasteiger partial charge on any atom is 0.0833 e. The Kier molecular flexibility index (Phi) is 5.41. The van der Waals surface area contributed by atoms with Crippen LogP contribution in [0.4, 0.5) is 0 Å². The Morgan fingerprint density at radius 3 is 2.56 bits per heavy atom. The summed E-state index contributed by atoms with van der Waals surface area (Å²) in [5.74, 6) is 0.749. The molecule has 0 aliphatic carbocycles. The van der Waals surface area contributed by atoms with Gasteiger partial charge in [-0.2, -0.15) is 0 Å². The van der Waals surface area contributed by atoms with E-state index in [0.29, 0.717) is 0 Å². The van der Waals surface area contributed by atoms with E-state index in [2.05, 4.69) is 41.0 Å². The maximum absolute atomic E-state index is 6.32. The molecule has 0 saturated carbocycles. The summed E-state index contributed by atoms with van der Waals surface area (Å²) in [6.07, 6.45) is 3.58.